The normalized spacial score (nSPS) is 13.1. The zero-order valence-electron chi connectivity index (χ0n) is 28.1. The fourth-order valence-corrected chi connectivity index (χ4v) is 15.0. The van der Waals surface area contributed by atoms with E-state index in [1.165, 1.54) is 35.9 Å². The Morgan fingerprint density at radius 2 is 1.25 bits per heavy atom. The van der Waals surface area contributed by atoms with Crippen molar-refractivity contribution in [3.63, 3.8) is 0 Å². The molecule has 0 N–H and O–H groups in total. The summed E-state index contributed by atoms with van der Waals surface area (Å²) in [4.78, 5) is 12.2. The van der Waals surface area contributed by atoms with E-state index >= 15 is 0 Å². The van der Waals surface area contributed by atoms with E-state index in [0.29, 0.717) is 0 Å². The van der Waals surface area contributed by atoms with Crippen LogP contribution in [0.15, 0.2) is 198 Å². The average Bonchev–Trinajstić information content (AvgIpc) is 3.56. The highest BCUT2D eigenvalue weighted by atomic mass is 32.2. The van der Waals surface area contributed by atoms with Crippen molar-refractivity contribution in [3.8, 4) is 28.4 Å². The minimum absolute atomic E-state index is 0.752. The fourth-order valence-electron chi connectivity index (χ4n) is 7.93. The van der Waals surface area contributed by atoms with E-state index in [9.17, 15) is 0 Å². The number of nitrogens with zero attached hydrogens (tertiary/aromatic N) is 3. The van der Waals surface area contributed by atoms with Crippen LogP contribution in [-0.2, 0) is 0 Å². The Labute approximate surface area is 307 Å². The number of hydrogen-bond donors (Lipinski definition) is 0. The summed E-state index contributed by atoms with van der Waals surface area (Å²) in [5.74, 6) is 1.51. The predicted molar refractivity (Wildman–Crippen MR) is 216 cm³/mol. The maximum Gasteiger partial charge on any atom is 0.181 e. The summed E-state index contributed by atoms with van der Waals surface area (Å²) >= 11 is 1.90. The highest BCUT2D eigenvalue weighted by Crippen LogP contribution is 2.42. The van der Waals surface area contributed by atoms with Gasteiger partial charge in [-0.15, -0.1) is 0 Å². The number of rotatable bonds is 6. The predicted octanol–water partition coefficient (Wildman–Crippen LogP) is 8.88. The molecule has 10 rings (SSSR count). The maximum absolute atomic E-state index is 6.50. The maximum atomic E-state index is 6.50. The molecular weight excluding hydrogens is 671 g/mol. The monoisotopic (exact) mass is 701 g/mol. The molecule has 6 heteroatoms. The van der Waals surface area contributed by atoms with Gasteiger partial charge < -0.3 is 4.74 Å². The van der Waals surface area contributed by atoms with Gasteiger partial charge in [0.2, 0.25) is 0 Å². The first-order valence-electron chi connectivity index (χ1n) is 17.4. The minimum Gasteiger partial charge on any atom is -0.457 e. The first-order valence-corrected chi connectivity index (χ1v) is 20.2. The second-order valence-corrected chi connectivity index (χ2v) is 17.8. The lowest BCUT2D eigenvalue weighted by atomic mass is 10.1. The van der Waals surface area contributed by atoms with Gasteiger partial charge in [-0.1, -0.05) is 121 Å². The zero-order valence-corrected chi connectivity index (χ0v) is 29.9. The number of aromatic nitrogens is 3. The molecule has 0 saturated carbocycles. The third kappa shape index (κ3) is 4.83. The molecular formula is C46H31N3OSSi. The fraction of sp³-hybridized carbons (Fsp3) is 0. The molecule has 0 unspecified atom stereocenters. The molecule has 0 bridgehead atoms. The molecule has 0 spiro atoms. The Bertz CT molecular complexity index is 2710. The van der Waals surface area contributed by atoms with Gasteiger partial charge in [-0.05, 0) is 81.4 Å². The Morgan fingerprint density at radius 1 is 0.538 bits per heavy atom. The van der Waals surface area contributed by atoms with Crippen LogP contribution in [0.3, 0.4) is 0 Å². The molecule has 246 valence electrons. The molecule has 1 aliphatic heterocycles. The number of pyridine rings is 2. The van der Waals surface area contributed by atoms with Crippen LogP contribution in [0.25, 0.3) is 38.9 Å². The lowest BCUT2D eigenvalue weighted by molar-refractivity contribution is 0.482. The van der Waals surface area contributed by atoms with E-state index < -0.39 is 8.07 Å². The van der Waals surface area contributed by atoms with Crippen molar-refractivity contribution in [1.82, 2.24) is 14.5 Å². The molecule has 3 aromatic heterocycles. The molecule has 6 aromatic carbocycles. The van der Waals surface area contributed by atoms with Crippen molar-refractivity contribution in [3.05, 3.63) is 188 Å². The lowest BCUT2D eigenvalue weighted by Gasteiger charge is -2.40. The van der Waals surface area contributed by atoms with E-state index in [0.717, 1.165) is 45.0 Å². The lowest BCUT2D eigenvalue weighted by Crippen LogP contribution is -2.76. The van der Waals surface area contributed by atoms with Crippen LogP contribution < -0.4 is 25.5 Å². The van der Waals surface area contributed by atoms with Crippen molar-refractivity contribution in [2.45, 2.75) is 9.79 Å². The second kappa shape index (κ2) is 12.5. The van der Waals surface area contributed by atoms with Gasteiger partial charge in [0.1, 0.15) is 17.1 Å². The Kier molecular flexibility index (Phi) is 7.37. The standard InChI is InChI=1S/C46H31N3OSSi/c1-3-18-36(19-4-1)52(37-20-5-2-6-21-37)42-25-8-7-24-41(42)51-45-43(52)27-26-40-44(45)38-22-13-29-48-46(38)49(40)33-15-12-17-35(31-33)50-34-16-11-14-32(30-34)39-23-9-10-28-47-39/h1-31H. The largest absolute Gasteiger partial charge is 0.457 e. The van der Waals surface area contributed by atoms with Gasteiger partial charge in [-0.2, -0.15) is 0 Å². The van der Waals surface area contributed by atoms with Crippen LogP contribution in [0.4, 0.5) is 0 Å². The molecule has 0 amide bonds. The minimum atomic E-state index is -2.71. The number of ether oxygens (including phenoxy) is 1. The van der Waals surface area contributed by atoms with Crippen molar-refractivity contribution in [2.75, 3.05) is 0 Å². The smallest absolute Gasteiger partial charge is 0.181 e. The third-order valence-corrected chi connectivity index (χ3v) is 16.5. The van der Waals surface area contributed by atoms with Gasteiger partial charge >= 0.3 is 0 Å². The molecule has 4 nitrogen and oxygen atoms in total. The van der Waals surface area contributed by atoms with Crippen LogP contribution in [-0.4, -0.2) is 22.6 Å². The van der Waals surface area contributed by atoms with Gasteiger partial charge in [-0.3, -0.25) is 9.55 Å². The number of benzene rings is 6. The van der Waals surface area contributed by atoms with E-state index in [-0.39, 0.29) is 0 Å². The molecule has 52 heavy (non-hydrogen) atoms. The molecule has 0 fully saturated rings. The third-order valence-electron chi connectivity index (χ3n) is 10.1. The summed E-state index contributed by atoms with van der Waals surface area (Å²) in [6.45, 7) is 0. The van der Waals surface area contributed by atoms with Crippen LogP contribution in [0.1, 0.15) is 0 Å². The average molecular weight is 702 g/mol. The first-order chi connectivity index (χ1) is 25.8. The molecule has 0 radical (unpaired) electrons. The molecule has 0 atom stereocenters. The molecule has 4 heterocycles. The number of fused-ring (bicyclic) bond motifs is 6. The van der Waals surface area contributed by atoms with E-state index in [4.69, 9.17) is 9.72 Å². The zero-order chi connectivity index (χ0) is 34.5. The van der Waals surface area contributed by atoms with E-state index in [2.05, 4.69) is 143 Å². The summed E-state index contributed by atoms with van der Waals surface area (Å²) in [5.41, 5.74) is 4.96. The van der Waals surface area contributed by atoms with Crippen LogP contribution in [0, 0.1) is 0 Å². The van der Waals surface area contributed by atoms with E-state index in [1.807, 2.05) is 66.6 Å². The summed E-state index contributed by atoms with van der Waals surface area (Å²) in [5, 5.41) is 7.98. The highest BCUT2D eigenvalue weighted by Gasteiger charge is 2.47. The van der Waals surface area contributed by atoms with Gasteiger partial charge in [0.05, 0.1) is 16.9 Å². The molecule has 1 aliphatic rings. The van der Waals surface area contributed by atoms with Crippen molar-refractivity contribution < 1.29 is 4.74 Å². The molecule has 0 saturated heterocycles. The van der Waals surface area contributed by atoms with Gasteiger partial charge in [0.25, 0.3) is 0 Å². The summed E-state index contributed by atoms with van der Waals surface area (Å²) in [6, 6.07) is 62.7. The SMILES string of the molecule is c1ccc([Si]2(c3ccccc3)c3ccccc3Sc3c2ccc2c3c3cccnc3n2-c2cccc(Oc3cccc(-c4ccccn4)c3)c2)cc1. The van der Waals surface area contributed by atoms with E-state index in [1.54, 1.807) is 0 Å². The van der Waals surface area contributed by atoms with Crippen LogP contribution >= 0.6 is 11.8 Å². The van der Waals surface area contributed by atoms with Gasteiger partial charge in [0.15, 0.2) is 8.07 Å². The quantitative estimate of drug-likeness (QED) is 0.163. The molecule has 0 aliphatic carbocycles. The van der Waals surface area contributed by atoms with Crippen molar-refractivity contribution in [2.24, 2.45) is 0 Å². The van der Waals surface area contributed by atoms with Crippen molar-refractivity contribution >= 4 is 62.5 Å². The Balaban J connectivity index is 1.18. The molecule has 9 aromatic rings. The summed E-state index contributed by atoms with van der Waals surface area (Å²) in [6.07, 6.45) is 3.70. The summed E-state index contributed by atoms with van der Waals surface area (Å²) < 4.78 is 8.79. The Hall–Kier alpha value is -6.21. The first kappa shape index (κ1) is 30.6. The number of hydrogen-bond acceptors (Lipinski definition) is 4. The topological polar surface area (TPSA) is 39.9 Å². The van der Waals surface area contributed by atoms with Gasteiger partial charge in [-0.25, -0.2) is 4.98 Å². The summed E-state index contributed by atoms with van der Waals surface area (Å²) in [7, 11) is -2.71. The van der Waals surface area contributed by atoms with Crippen molar-refractivity contribution in [1.29, 1.82) is 0 Å². The highest BCUT2D eigenvalue weighted by molar-refractivity contribution is 8.00. The van der Waals surface area contributed by atoms with Crippen LogP contribution in [0.5, 0.6) is 11.5 Å². The van der Waals surface area contributed by atoms with Gasteiger partial charge in [0, 0.05) is 44.6 Å². The second-order valence-electron chi connectivity index (χ2n) is 13.0. The van der Waals surface area contributed by atoms with Crippen LogP contribution in [0.2, 0.25) is 0 Å². The Morgan fingerprint density at radius 3 is 2.04 bits per heavy atom.